The van der Waals surface area contributed by atoms with Crippen LogP contribution in [0.5, 0.6) is 23.0 Å². The van der Waals surface area contributed by atoms with Gasteiger partial charge in [-0.2, -0.15) is 0 Å². The van der Waals surface area contributed by atoms with Gasteiger partial charge in [-0.15, -0.1) is 0 Å². The summed E-state index contributed by atoms with van der Waals surface area (Å²) in [6, 6.07) is 37.7. The summed E-state index contributed by atoms with van der Waals surface area (Å²) in [7, 11) is 3.22. The fourth-order valence-electron chi connectivity index (χ4n) is 7.75. The minimum Gasteiger partial charge on any atom is -1.00 e. The largest absolute Gasteiger partial charge is 1.00 e. The molecule has 10 nitrogen and oxygen atoms in total. The number of hydrogen-bond donors (Lipinski definition) is 1. The van der Waals surface area contributed by atoms with Crippen LogP contribution in [-0.2, 0) is 27.6 Å². The van der Waals surface area contributed by atoms with E-state index in [1.807, 2.05) is 157 Å². The number of anilines is 2. The Morgan fingerprint density at radius 3 is 1.45 bits per heavy atom. The number of hydrogen-bond acceptors (Lipinski definition) is 8. The van der Waals surface area contributed by atoms with Crippen LogP contribution in [0, 0.1) is 41.5 Å². The van der Waals surface area contributed by atoms with E-state index >= 15 is 0 Å². The zero-order valence-corrected chi connectivity index (χ0v) is 40.0. The van der Waals surface area contributed by atoms with E-state index in [2.05, 4.69) is 0 Å². The number of carbonyl (C=O) groups is 3. The molecule has 2 aliphatic heterocycles. The van der Waals surface area contributed by atoms with Gasteiger partial charge in [0.05, 0.1) is 20.3 Å². The summed E-state index contributed by atoms with van der Waals surface area (Å²) in [5.74, 6) is 1.60. The normalized spacial score (nSPS) is 16.3. The molecule has 323 valence electrons. The summed E-state index contributed by atoms with van der Waals surface area (Å²) in [4.78, 5) is 40.8. The molecule has 1 N–H and O–H groups in total. The van der Waals surface area contributed by atoms with Gasteiger partial charge in [0.2, 0.25) is 5.78 Å². The molecule has 3 radical (unpaired) electrons. The van der Waals surface area contributed by atoms with E-state index < -0.39 is 29.9 Å². The molecule has 3 atom stereocenters. The maximum atomic E-state index is 12.6. The van der Waals surface area contributed by atoms with Gasteiger partial charge < -0.3 is 25.5 Å². The van der Waals surface area contributed by atoms with Crippen molar-refractivity contribution in [3.63, 3.8) is 0 Å². The van der Waals surface area contributed by atoms with Crippen LogP contribution >= 0.6 is 0 Å². The summed E-state index contributed by atoms with van der Waals surface area (Å²) in [5, 5.41) is 10.5. The number of benzene rings is 6. The molecule has 2 amide bonds. The number of nitrogens with zero attached hydrogens (tertiary/aromatic N) is 2. The number of aryl methyl sites for hydroxylation is 4. The molecular formula is C52H53BN2NaO8. The second-order valence-electron chi connectivity index (χ2n) is 15.8. The molecule has 0 aromatic heterocycles. The number of carbonyl (C=O) groups excluding carboxylic acids is 3. The van der Waals surface area contributed by atoms with Gasteiger partial charge in [-0.25, -0.2) is 0 Å². The molecule has 0 aliphatic carbocycles. The third-order valence-corrected chi connectivity index (χ3v) is 11.8. The Labute approximate surface area is 401 Å². The third-order valence-electron chi connectivity index (χ3n) is 11.8. The zero-order chi connectivity index (χ0) is 44.2. The van der Waals surface area contributed by atoms with Crippen molar-refractivity contribution in [3.05, 3.63) is 177 Å². The molecule has 2 heterocycles. The van der Waals surface area contributed by atoms with Gasteiger partial charge in [0.15, 0.2) is 6.10 Å². The summed E-state index contributed by atoms with van der Waals surface area (Å²) >= 11 is 0. The van der Waals surface area contributed by atoms with Gasteiger partial charge in [-0.05, 0) is 121 Å². The van der Waals surface area contributed by atoms with E-state index in [9.17, 15) is 19.5 Å². The Kier molecular flexibility index (Phi) is 16.3. The average Bonchev–Trinajstić information content (AvgIpc) is 3.29. The Balaban J connectivity index is 0.000000272. The van der Waals surface area contributed by atoms with Crippen LogP contribution in [-0.4, -0.2) is 51.4 Å². The number of amides is 2. The molecule has 0 unspecified atom stereocenters. The van der Waals surface area contributed by atoms with Crippen molar-refractivity contribution >= 4 is 37.4 Å². The van der Waals surface area contributed by atoms with Crippen LogP contribution in [0.15, 0.2) is 121 Å². The number of rotatable bonds is 12. The summed E-state index contributed by atoms with van der Waals surface area (Å²) in [6.07, 6.45) is -1.09. The quantitative estimate of drug-likeness (QED) is 0.0875. The number of β-lactam (4-membered cyclic amide) rings is 2. The van der Waals surface area contributed by atoms with Crippen LogP contribution in [0.2, 0.25) is 0 Å². The summed E-state index contributed by atoms with van der Waals surface area (Å²) < 4.78 is 23.0. The molecule has 2 aliphatic rings. The summed E-state index contributed by atoms with van der Waals surface area (Å²) in [6.45, 7) is 12.7. The van der Waals surface area contributed by atoms with Gasteiger partial charge in [0.1, 0.15) is 42.3 Å². The molecule has 64 heavy (non-hydrogen) atoms. The minimum atomic E-state index is -1.09. The van der Waals surface area contributed by atoms with E-state index in [4.69, 9.17) is 18.9 Å². The fraction of sp³-hybridized carbons (Fsp3) is 0.250. The van der Waals surface area contributed by atoms with Crippen molar-refractivity contribution < 1.29 is 69.4 Å². The van der Waals surface area contributed by atoms with E-state index in [1.165, 1.54) is 4.90 Å². The van der Waals surface area contributed by atoms with Crippen LogP contribution in [0.4, 0.5) is 11.4 Å². The van der Waals surface area contributed by atoms with Gasteiger partial charge in [-0.3, -0.25) is 24.2 Å². The molecule has 6 aromatic rings. The first-order valence-electron chi connectivity index (χ1n) is 20.5. The Bertz CT molecular complexity index is 2650. The van der Waals surface area contributed by atoms with Gasteiger partial charge in [0.25, 0.3) is 11.8 Å². The predicted molar refractivity (Wildman–Crippen MR) is 247 cm³/mol. The molecule has 2 fully saturated rings. The van der Waals surface area contributed by atoms with Crippen LogP contribution in [0.25, 0.3) is 0 Å². The van der Waals surface area contributed by atoms with Crippen LogP contribution in [0.3, 0.4) is 0 Å². The number of aliphatic hydroxyl groups is 1. The number of methoxy groups -OCH3 is 2. The fourth-order valence-corrected chi connectivity index (χ4v) is 7.75. The predicted octanol–water partition coefficient (Wildman–Crippen LogP) is 6.24. The van der Waals surface area contributed by atoms with Gasteiger partial charge >= 0.3 is 29.6 Å². The Morgan fingerprint density at radius 1 is 0.547 bits per heavy atom. The van der Waals surface area contributed by atoms with E-state index in [0.29, 0.717) is 36.1 Å². The van der Waals surface area contributed by atoms with Crippen molar-refractivity contribution in [3.8, 4) is 23.0 Å². The molecule has 0 bridgehead atoms. The molecule has 0 spiro atoms. The number of ketones is 1. The molecule has 2 saturated heterocycles. The van der Waals surface area contributed by atoms with Crippen LogP contribution in [0.1, 0.15) is 69.1 Å². The molecule has 8 rings (SSSR count). The second kappa shape index (κ2) is 21.2. The SMILES string of the molecule is COc1cc(N2C(=O)C(=O)[C@@H]2c2ccc(C)c(OCc3ccccc3)c2)cc(C)c1C.COc1cc(N2C(=O)[C@H](O)[C@@H]2c2ccc(C)c(OCc3ccccc3)c2)cc(C)c1C.[B].[H-].[Na+]. The standard InChI is InChI=1S/C26H27NO4.C26H25NO4.B.Na.H/c2*1-16-10-11-20(13-22(16)31-15-19-8-6-5-7-9-19)24-25(28)26(29)27(24)21-12-17(2)18(3)23(14-21)30-4;;;/h5-14,24-25,28H,15H2,1-4H3;5-14,24H,15H2,1-4H3;;;/q;;;+1;-1/t24-,25+;24-;;;/m00.../s1. The minimum absolute atomic E-state index is 0. The first-order valence-corrected chi connectivity index (χ1v) is 20.5. The topological polar surface area (TPSA) is 115 Å². The van der Waals surface area contributed by atoms with E-state index in [-0.39, 0.29) is 45.3 Å². The van der Waals surface area contributed by atoms with Gasteiger partial charge in [0, 0.05) is 31.9 Å². The number of ether oxygens (including phenoxy) is 4. The first-order chi connectivity index (χ1) is 29.8. The second-order valence-corrected chi connectivity index (χ2v) is 15.8. The number of Topliss-reactive ketones (excluding diaryl/α,β-unsaturated/α-hetero) is 1. The molecule has 0 saturated carbocycles. The zero-order valence-electron chi connectivity index (χ0n) is 39.0. The van der Waals surface area contributed by atoms with Crippen molar-refractivity contribution in [2.45, 2.75) is 72.9 Å². The van der Waals surface area contributed by atoms with E-state index in [1.54, 1.807) is 25.2 Å². The molecule has 12 heteroatoms. The van der Waals surface area contributed by atoms with E-state index in [0.717, 1.165) is 67.1 Å². The maximum absolute atomic E-state index is 12.6. The van der Waals surface area contributed by atoms with Crippen LogP contribution < -0.4 is 58.3 Å². The Hall–Kier alpha value is -5.85. The smallest absolute Gasteiger partial charge is 1.00 e. The van der Waals surface area contributed by atoms with Gasteiger partial charge in [-0.1, -0.05) is 84.9 Å². The van der Waals surface area contributed by atoms with Crippen molar-refractivity contribution in [1.29, 1.82) is 0 Å². The summed E-state index contributed by atoms with van der Waals surface area (Å²) in [5.41, 5.74) is 11.1. The average molecular weight is 868 g/mol. The Morgan fingerprint density at radius 2 is 0.984 bits per heavy atom. The monoisotopic (exact) mass is 867 g/mol. The third kappa shape index (κ3) is 10.1. The number of aliphatic hydroxyl groups excluding tert-OH is 1. The van der Waals surface area contributed by atoms with Crippen molar-refractivity contribution in [1.82, 2.24) is 0 Å². The maximum Gasteiger partial charge on any atom is 1.00 e. The first kappa shape index (κ1) is 49.2. The molecule has 6 aromatic carbocycles. The van der Waals surface area contributed by atoms with Crippen molar-refractivity contribution in [2.75, 3.05) is 24.0 Å². The van der Waals surface area contributed by atoms with Crippen molar-refractivity contribution in [2.24, 2.45) is 0 Å². The molecular weight excluding hydrogens is 814 g/mol.